The number of rotatable bonds is 5. The minimum Gasteiger partial charge on any atom is -0.388 e. The molecule has 0 saturated carbocycles. The van der Waals surface area contributed by atoms with Gasteiger partial charge in [-0.25, -0.2) is 4.39 Å². The Bertz CT molecular complexity index is 450. The summed E-state index contributed by atoms with van der Waals surface area (Å²) in [6.07, 6.45) is -2.50. The summed E-state index contributed by atoms with van der Waals surface area (Å²) in [5.41, 5.74) is -0.310. The van der Waals surface area contributed by atoms with E-state index in [0.717, 1.165) is 6.07 Å². The highest BCUT2D eigenvalue weighted by Crippen LogP contribution is 2.22. The van der Waals surface area contributed by atoms with Crippen LogP contribution in [0.4, 0.5) is 4.39 Å². The van der Waals surface area contributed by atoms with Gasteiger partial charge in [-0.1, -0.05) is 12.1 Å². The Morgan fingerprint density at radius 1 is 1.50 bits per heavy atom. The molecule has 0 aromatic heterocycles. The lowest BCUT2D eigenvalue weighted by Gasteiger charge is -2.19. The Morgan fingerprint density at radius 2 is 2.17 bits per heavy atom. The van der Waals surface area contributed by atoms with Gasteiger partial charge in [0.25, 0.3) is 0 Å². The average molecular weight is 255 g/mol. The summed E-state index contributed by atoms with van der Waals surface area (Å²) in [6.45, 7) is 1.07. The third-order valence-electron chi connectivity index (χ3n) is 2.45. The normalized spacial score (nSPS) is 13.8. The third kappa shape index (κ3) is 3.35. The van der Waals surface area contributed by atoms with Crippen LogP contribution in [0.3, 0.4) is 0 Å². The van der Waals surface area contributed by atoms with Crippen LogP contribution >= 0.6 is 0 Å². The van der Waals surface area contributed by atoms with Crippen LogP contribution in [0.5, 0.6) is 0 Å². The van der Waals surface area contributed by atoms with Gasteiger partial charge in [0.2, 0.25) is 5.91 Å². The molecule has 3 N–H and O–H groups in total. The topological polar surface area (TPSA) is 86.6 Å². The van der Waals surface area contributed by atoms with E-state index in [9.17, 15) is 24.2 Å². The van der Waals surface area contributed by atoms with Crippen LogP contribution in [-0.4, -0.2) is 35.1 Å². The number of hydrogen-bond donors (Lipinski definition) is 3. The molecule has 0 bridgehead atoms. The number of halogens is 1. The predicted molar refractivity (Wildman–Crippen MR) is 61.4 cm³/mol. The second-order valence-electron chi connectivity index (χ2n) is 3.81. The summed E-state index contributed by atoms with van der Waals surface area (Å²) in [5.74, 6) is -1.13. The molecule has 1 rings (SSSR count). The molecular formula is C12H14FNO4. The largest absolute Gasteiger partial charge is 0.388 e. The van der Waals surface area contributed by atoms with Crippen molar-refractivity contribution < 1.29 is 24.2 Å². The molecule has 0 aliphatic rings. The molecule has 18 heavy (non-hydrogen) atoms. The fourth-order valence-corrected chi connectivity index (χ4v) is 1.50. The number of hydrogen-bond acceptors (Lipinski definition) is 4. The molecule has 5 nitrogen and oxygen atoms in total. The van der Waals surface area contributed by atoms with Crippen LogP contribution < -0.4 is 5.32 Å². The smallest absolute Gasteiger partial charge is 0.216 e. The molecule has 0 aliphatic carbocycles. The van der Waals surface area contributed by atoms with Gasteiger partial charge in [-0.05, 0) is 11.6 Å². The highest BCUT2D eigenvalue weighted by molar-refractivity contribution is 5.78. The molecule has 1 aromatic carbocycles. The molecule has 2 unspecified atom stereocenters. The predicted octanol–water partition coefficient (Wildman–Crippen LogP) is 0.169. The second-order valence-corrected chi connectivity index (χ2v) is 3.81. The minimum atomic E-state index is -1.45. The maximum absolute atomic E-state index is 13.3. The first-order chi connectivity index (χ1) is 8.47. The van der Waals surface area contributed by atoms with Crippen molar-refractivity contribution in [2.24, 2.45) is 0 Å². The zero-order valence-corrected chi connectivity index (χ0v) is 9.76. The highest BCUT2D eigenvalue weighted by atomic mass is 19.1. The van der Waals surface area contributed by atoms with Gasteiger partial charge in [0, 0.05) is 13.5 Å². The SMILES string of the molecule is CC(=O)NCC(O)C(O)c1cccc(F)c1C=O. The van der Waals surface area contributed by atoms with Crippen LogP contribution in [0.2, 0.25) is 0 Å². The number of amides is 1. The van der Waals surface area contributed by atoms with Crippen LogP contribution in [-0.2, 0) is 4.79 Å². The molecule has 0 aliphatic heterocycles. The number of aldehydes is 1. The lowest BCUT2D eigenvalue weighted by molar-refractivity contribution is -0.119. The maximum Gasteiger partial charge on any atom is 0.216 e. The first kappa shape index (κ1) is 14.3. The van der Waals surface area contributed by atoms with Crippen molar-refractivity contribution in [1.29, 1.82) is 0 Å². The van der Waals surface area contributed by atoms with Crippen molar-refractivity contribution in [2.45, 2.75) is 19.1 Å². The summed E-state index contributed by atoms with van der Waals surface area (Å²) in [5, 5.41) is 21.8. The van der Waals surface area contributed by atoms with Crippen LogP contribution in [0, 0.1) is 5.82 Å². The van der Waals surface area contributed by atoms with Crippen molar-refractivity contribution in [3.05, 3.63) is 35.1 Å². The van der Waals surface area contributed by atoms with Gasteiger partial charge in [-0.3, -0.25) is 9.59 Å². The van der Waals surface area contributed by atoms with Gasteiger partial charge in [0.05, 0.1) is 5.56 Å². The summed E-state index contributed by atoms with van der Waals surface area (Å²) in [7, 11) is 0. The first-order valence-electron chi connectivity index (χ1n) is 5.31. The number of carbonyl (C=O) groups excluding carboxylic acids is 2. The lowest BCUT2D eigenvalue weighted by Crippen LogP contribution is -2.34. The van der Waals surface area contributed by atoms with Crippen molar-refractivity contribution in [1.82, 2.24) is 5.32 Å². The fourth-order valence-electron chi connectivity index (χ4n) is 1.50. The monoisotopic (exact) mass is 255 g/mol. The Hall–Kier alpha value is -1.79. The van der Waals surface area contributed by atoms with E-state index >= 15 is 0 Å². The molecule has 0 spiro atoms. The molecule has 2 atom stereocenters. The quantitative estimate of drug-likeness (QED) is 0.654. The zero-order valence-electron chi connectivity index (χ0n) is 9.76. The summed E-state index contributed by atoms with van der Waals surface area (Å²) in [6, 6.07) is 3.75. The summed E-state index contributed by atoms with van der Waals surface area (Å²) < 4.78 is 13.3. The molecule has 0 heterocycles. The average Bonchev–Trinajstić information content (AvgIpc) is 2.34. The Labute approximate surface area is 103 Å². The Morgan fingerprint density at radius 3 is 2.72 bits per heavy atom. The van der Waals surface area contributed by atoms with E-state index in [4.69, 9.17) is 0 Å². The number of nitrogens with one attached hydrogen (secondary N) is 1. The number of carbonyl (C=O) groups is 2. The van der Waals surface area contributed by atoms with Crippen molar-refractivity contribution in [3.8, 4) is 0 Å². The van der Waals surface area contributed by atoms with Gasteiger partial charge in [0.15, 0.2) is 6.29 Å². The van der Waals surface area contributed by atoms with Gasteiger partial charge in [0.1, 0.15) is 18.0 Å². The van der Waals surface area contributed by atoms with E-state index in [0.29, 0.717) is 0 Å². The van der Waals surface area contributed by atoms with Crippen molar-refractivity contribution in [3.63, 3.8) is 0 Å². The maximum atomic E-state index is 13.3. The molecule has 0 radical (unpaired) electrons. The zero-order chi connectivity index (χ0) is 13.7. The molecule has 98 valence electrons. The highest BCUT2D eigenvalue weighted by Gasteiger charge is 2.22. The molecular weight excluding hydrogens is 241 g/mol. The van der Waals surface area contributed by atoms with Crippen LogP contribution in [0.15, 0.2) is 18.2 Å². The molecule has 6 heteroatoms. The minimum absolute atomic E-state index is 0.0112. The van der Waals surface area contributed by atoms with Gasteiger partial charge >= 0.3 is 0 Å². The number of aliphatic hydroxyl groups is 2. The van der Waals surface area contributed by atoms with E-state index in [-0.39, 0.29) is 29.9 Å². The van der Waals surface area contributed by atoms with Crippen molar-refractivity contribution in [2.75, 3.05) is 6.54 Å². The van der Waals surface area contributed by atoms with E-state index in [1.165, 1.54) is 19.1 Å². The molecule has 0 saturated heterocycles. The third-order valence-corrected chi connectivity index (χ3v) is 2.45. The van der Waals surface area contributed by atoms with Gasteiger partial charge in [-0.2, -0.15) is 0 Å². The Kier molecular flexibility index (Phi) is 4.94. The Balaban J connectivity index is 2.89. The second kappa shape index (κ2) is 6.23. The summed E-state index contributed by atoms with van der Waals surface area (Å²) in [4.78, 5) is 21.4. The fraction of sp³-hybridized carbons (Fsp3) is 0.333. The van der Waals surface area contributed by atoms with Gasteiger partial charge in [-0.15, -0.1) is 0 Å². The van der Waals surface area contributed by atoms with E-state index in [2.05, 4.69) is 5.32 Å². The first-order valence-corrected chi connectivity index (χ1v) is 5.31. The van der Waals surface area contributed by atoms with Crippen LogP contribution in [0.1, 0.15) is 28.9 Å². The van der Waals surface area contributed by atoms with E-state index in [1.54, 1.807) is 0 Å². The summed E-state index contributed by atoms with van der Waals surface area (Å²) >= 11 is 0. The van der Waals surface area contributed by atoms with Crippen LogP contribution in [0.25, 0.3) is 0 Å². The molecule has 0 fully saturated rings. The number of benzene rings is 1. The van der Waals surface area contributed by atoms with Crippen molar-refractivity contribution >= 4 is 12.2 Å². The number of aliphatic hydroxyl groups excluding tert-OH is 2. The standard InChI is InChI=1S/C12H14FNO4/c1-7(16)14-5-11(17)12(18)8-3-2-4-10(13)9(8)6-15/h2-4,6,11-12,17-18H,5H2,1H3,(H,14,16). The van der Waals surface area contributed by atoms with E-state index in [1.807, 2.05) is 0 Å². The molecule has 1 amide bonds. The molecule has 1 aromatic rings. The lowest BCUT2D eigenvalue weighted by atomic mass is 9.99. The van der Waals surface area contributed by atoms with E-state index < -0.39 is 18.0 Å². The van der Waals surface area contributed by atoms with Gasteiger partial charge < -0.3 is 15.5 Å².